The van der Waals surface area contributed by atoms with Crippen LogP contribution in [0.15, 0.2) is 24.7 Å². The van der Waals surface area contributed by atoms with Crippen molar-refractivity contribution in [1.29, 1.82) is 0 Å². The predicted molar refractivity (Wildman–Crippen MR) is 71.5 cm³/mol. The lowest BCUT2D eigenvalue weighted by molar-refractivity contribution is -0.670. The number of ether oxygens (including phenoxy) is 1. The van der Waals surface area contributed by atoms with Crippen molar-refractivity contribution in [2.24, 2.45) is 14.1 Å². The maximum absolute atomic E-state index is 10.1. The van der Waals surface area contributed by atoms with Crippen molar-refractivity contribution in [1.82, 2.24) is 4.57 Å². The summed E-state index contributed by atoms with van der Waals surface area (Å²) in [5, 5.41) is 20.7. The van der Waals surface area contributed by atoms with Gasteiger partial charge in [-0.2, -0.15) is 0 Å². The monoisotopic (exact) mass is 265 g/mol. The summed E-state index contributed by atoms with van der Waals surface area (Å²) in [5.74, 6) is 0. The van der Waals surface area contributed by atoms with Crippen molar-refractivity contribution in [3.63, 3.8) is 0 Å². The van der Waals surface area contributed by atoms with Gasteiger partial charge in [0.1, 0.15) is 19.3 Å². The van der Waals surface area contributed by atoms with Crippen LogP contribution in [0, 0.1) is 0 Å². The average Bonchev–Trinajstić information content (AvgIpc) is 2.67. The molecule has 0 saturated carbocycles. The molecule has 104 valence electrons. The van der Waals surface area contributed by atoms with Crippen LogP contribution in [0.4, 0.5) is 0 Å². The number of hydrogen-bond donors (Lipinski definition) is 2. The molecule has 5 nitrogen and oxygen atoms in total. The van der Waals surface area contributed by atoms with Gasteiger partial charge in [0.15, 0.2) is 12.4 Å². The van der Waals surface area contributed by atoms with E-state index in [9.17, 15) is 10.2 Å². The van der Waals surface area contributed by atoms with Gasteiger partial charge in [-0.15, -0.1) is 0 Å². The Balaban J connectivity index is 2.57. The van der Waals surface area contributed by atoms with Crippen LogP contribution in [0.2, 0.25) is 0 Å². The van der Waals surface area contributed by atoms with Crippen molar-refractivity contribution < 1.29 is 19.5 Å². The number of aromatic nitrogens is 2. The number of aryl methyl sites for hydroxylation is 2. The van der Waals surface area contributed by atoms with Crippen molar-refractivity contribution in [2.75, 3.05) is 7.11 Å². The Morgan fingerprint density at radius 2 is 2.05 bits per heavy atom. The van der Waals surface area contributed by atoms with Crippen molar-refractivity contribution >= 4 is 10.9 Å². The van der Waals surface area contributed by atoms with Crippen LogP contribution in [0.5, 0.6) is 0 Å². The highest BCUT2D eigenvalue weighted by atomic mass is 16.5. The van der Waals surface area contributed by atoms with Crippen molar-refractivity contribution in [3.05, 3.63) is 30.2 Å². The van der Waals surface area contributed by atoms with Crippen LogP contribution >= 0.6 is 0 Å². The average molecular weight is 265 g/mol. The summed E-state index contributed by atoms with van der Waals surface area (Å²) in [6, 6.07) is 2.01. The van der Waals surface area contributed by atoms with Crippen LogP contribution in [0.25, 0.3) is 10.9 Å². The SMILES string of the molecule is CO[C@H](c1cn(C)c2cc[n+](C)cc12)[C@H](O)[C@H](C)O. The standard InChI is InChI=1S/C14H21N2O3/c1-9(17)13(18)14(19-4)11-8-16(3)12-5-6-15(2)7-10(11)12/h5-9,13-14,17-18H,1-4H3/q+1/t9-,13+,14+/m0/s1. The first kappa shape index (κ1) is 14.0. The zero-order chi connectivity index (χ0) is 14.2. The molecule has 5 heteroatoms. The minimum Gasteiger partial charge on any atom is -0.391 e. The number of methoxy groups -OCH3 is 1. The van der Waals surface area contributed by atoms with E-state index in [1.807, 2.05) is 47.9 Å². The fourth-order valence-electron chi connectivity index (χ4n) is 2.40. The van der Waals surface area contributed by atoms with Gasteiger partial charge in [0, 0.05) is 32.0 Å². The zero-order valence-corrected chi connectivity index (χ0v) is 11.7. The molecule has 0 spiro atoms. The number of pyridine rings is 1. The first-order valence-electron chi connectivity index (χ1n) is 6.29. The number of aliphatic hydroxyl groups excluding tert-OH is 2. The summed E-state index contributed by atoms with van der Waals surface area (Å²) in [5.41, 5.74) is 1.94. The van der Waals surface area contributed by atoms with E-state index in [1.54, 1.807) is 6.92 Å². The van der Waals surface area contributed by atoms with Gasteiger partial charge in [0.25, 0.3) is 0 Å². The summed E-state index contributed by atoms with van der Waals surface area (Å²) in [7, 11) is 5.44. The number of rotatable bonds is 4. The highest BCUT2D eigenvalue weighted by Crippen LogP contribution is 2.30. The second-order valence-corrected chi connectivity index (χ2v) is 4.99. The molecular weight excluding hydrogens is 244 g/mol. The Kier molecular flexibility index (Phi) is 3.89. The van der Waals surface area contributed by atoms with Gasteiger partial charge in [-0.3, -0.25) is 0 Å². The van der Waals surface area contributed by atoms with Gasteiger partial charge in [-0.25, -0.2) is 4.57 Å². The summed E-state index contributed by atoms with van der Waals surface area (Å²) in [6.45, 7) is 1.56. The van der Waals surface area contributed by atoms with E-state index in [2.05, 4.69) is 0 Å². The molecule has 0 saturated heterocycles. The minimum absolute atomic E-state index is 0.550. The normalized spacial score (nSPS) is 16.5. The van der Waals surface area contributed by atoms with Crippen molar-refractivity contribution in [3.8, 4) is 0 Å². The molecule has 2 rings (SSSR count). The van der Waals surface area contributed by atoms with Gasteiger partial charge in [-0.05, 0) is 6.92 Å². The summed E-state index contributed by atoms with van der Waals surface area (Å²) in [4.78, 5) is 0. The number of hydrogen-bond acceptors (Lipinski definition) is 3. The third-order valence-electron chi connectivity index (χ3n) is 3.46. The number of aliphatic hydroxyl groups is 2. The fourth-order valence-corrected chi connectivity index (χ4v) is 2.40. The third-order valence-corrected chi connectivity index (χ3v) is 3.46. The molecule has 0 fully saturated rings. The number of nitrogens with zero attached hydrogens (tertiary/aromatic N) is 2. The molecule has 2 N–H and O–H groups in total. The van der Waals surface area contributed by atoms with E-state index < -0.39 is 18.3 Å². The van der Waals surface area contributed by atoms with E-state index in [-0.39, 0.29) is 0 Å². The molecule has 2 aromatic rings. The van der Waals surface area contributed by atoms with Crippen molar-refractivity contribution in [2.45, 2.75) is 25.2 Å². The molecule has 0 aliphatic carbocycles. The first-order valence-corrected chi connectivity index (χ1v) is 6.29. The lowest BCUT2D eigenvalue weighted by Crippen LogP contribution is -2.31. The van der Waals surface area contributed by atoms with Gasteiger partial charge >= 0.3 is 0 Å². The summed E-state index contributed by atoms with van der Waals surface area (Å²) in [6.07, 6.45) is 3.54. The lowest BCUT2D eigenvalue weighted by atomic mass is 10.0. The molecule has 0 aromatic carbocycles. The van der Waals surface area contributed by atoms with Gasteiger partial charge in [0.05, 0.1) is 17.0 Å². The molecule has 0 radical (unpaired) electrons. The molecule has 0 aliphatic rings. The quantitative estimate of drug-likeness (QED) is 0.788. The van der Waals surface area contributed by atoms with E-state index >= 15 is 0 Å². The number of fused-ring (bicyclic) bond motifs is 1. The smallest absolute Gasteiger partial charge is 0.178 e. The fraction of sp³-hybridized carbons (Fsp3) is 0.500. The molecule has 0 amide bonds. The topological polar surface area (TPSA) is 58.5 Å². The van der Waals surface area contributed by atoms with E-state index in [1.165, 1.54) is 7.11 Å². The van der Waals surface area contributed by atoms with E-state index in [0.29, 0.717) is 0 Å². The van der Waals surface area contributed by atoms with Gasteiger partial charge in [0.2, 0.25) is 0 Å². The maximum Gasteiger partial charge on any atom is 0.178 e. The largest absolute Gasteiger partial charge is 0.391 e. The highest BCUT2D eigenvalue weighted by molar-refractivity contribution is 5.82. The lowest BCUT2D eigenvalue weighted by Gasteiger charge is -2.23. The highest BCUT2D eigenvalue weighted by Gasteiger charge is 2.28. The molecule has 2 heterocycles. The molecule has 0 bridgehead atoms. The Labute approximate surface area is 112 Å². The van der Waals surface area contributed by atoms with Crippen LogP contribution in [-0.2, 0) is 18.8 Å². The minimum atomic E-state index is -0.957. The summed E-state index contributed by atoms with van der Waals surface area (Å²) >= 11 is 0. The van der Waals surface area contributed by atoms with E-state index in [0.717, 1.165) is 16.5 Å². The Morgan fingerprint density at radius 3 is 2.63 bits per heavy atom. The first-order chi connectivity index (χ1) is 8.95. The van der Waals surface area contributed by atoms with Gasteiger partial charge < -0.3 is 19.5 Å². The third kappa shape index (κ3) is 2.49. The van der Waals surface area contributed by atoms with Crippen LogP contribution in [0.1, 0.15) is 18.6 Å². The second-order valence-electron chi connectivity index (χ2n) is 4.99. The van der Waals surface area contributed by atoms with E-state index in [4.69, 9.17) is 4.74 Å². The maximum atomic E-state index is 10.1. The Morgan fingerprint density at radius 1 is 1.37 bits per heavy atom. The molecule has 3 atom stereocenters. The summed E-state index contributed by atoms with van der Waals surface area (Å²) < 4.78 is 9.33. The zero-order valence-electron chi connectivity index (χ0n) is 11.7. The van der Waals surface area contributed by atoms with Crippen LogP contribution in [0.3, 0.4) is 0 Å². The van der Waals surface area contributed by atoms with Gasteiger partial charge in [-0.1, -0.05) is 0 Å². The second kappa shape index (κ2) is 5.28. The Bertz CT molecular complexity index is 577. The molecule has 19 heavy (non-hydrogen) atoms. The molecule has 0 unspecified atom stereocenters. The molecule has 2 aromatic heterocycles. The van der Waals surface area contributed by atoms with Crippen LogP contribution < -0.4 is 4.57 Å². The van der Waals surface area contributed by atoms with Crippen LogP contribution in [-0.4, -0.2) is 34.1 Å². The molecule has 0 aliphatic heterocycles. The predicted octanol–water partition coefficient (Wildman–Crippen LogP) is 0.432. The molecular formula is C14H21N2O3+. The Hall–Kier alpha value is -1.43.